The second-order valence-corrected chi connectivity index (χ2v) is 5.65. The van der Waals surface area contributed by atoms with Crippen LogP contribution in [0.4, 0.5) is 0 Å². The fraction of sp³-hybridized carbons (Fsp3) is 1.00. The Morgan fingerprint density at radius 2 is 1.61 bits per heavy atom. The lowest BCUT2D eigenvalue weighted by Gasteiger charge is -2.38. The minimum absolute atomic E-state index is 0.675. The highest BCUT2D eigenvalue weighted by atomic mass is 15.3. The van der Waals surface area contributed by atoms with Crippen molar-refractivity contribution >= 4 is 0 Å². The standard InChI is InChI=1S/C15H33N3/c1-5-8-17-9-11-18(12-10-17)14(4)13-16-15(6-2)7-3/h14-16H,5-13H2,1-4H3. The van der Waals surface area contributed by atoms with Crippen molar-refractivity contribution in [3.8, 4) is 0 Å². The molecule has 0 saturated carbocycles. The van der Waals surface area contributed by atoms with Gasteiger partial charge in [-0.25, -0.2) is 0 Å². The van der Waals surface area contributed by atoms with E-state index < -0.39 is 0 Å². The van der Waals surface area contributed by atoms with Gasteiger partial charge in [0.05, 0.1) is 0 Å². The summed E-state index contributed by atoms with van der Waals surface area (Å²) in [5.41, 5.74) is 0. The van der Waals surface area contributed by atoms with Crippen LogP contribution in [0.15, 0.2) is 0 Å². The Morgan fingerprint density at radius 1 is 1.00 bits per heavy atom. The summed E-state index contributed by atoms with van der Waals surface area (Å²) in [5, 5.41) is 3.70. The summed E-state index contributed by atoms with van der Waals surface area (Å²) in [6.07, 6.45) is 3.77. The Kier molecular flexibility index (Phi) is 7.87. The van der Waals surface area contributed by atoms with E-state index in [-0.39, 0.29) is 0 Å². The molecule has 1 aliphatic heterocycles. The fourth-order valence-electron chi connectivity index (χ4n) is 2.79. The molecule has 1 N–H and O–H groups in total. The summed E-state index contributed by atoms with van der Waals surface area (Å²) in [6, 6.07) is 1.38. The maximum atomic E-state index is 3.70. The van der Waals surface area contributed by atoms with Crippen molar-refractivity contribution < 1.29 is 0 Å². The van der Waals surface area contributed by atoms with Crippen LogP contribution in [-0.4, -0.2) is 61.2 Å². The first kappa shape index (κ1) is 15.9. The SMILES string of the molecule is CCCN1CCN(C(C)CNC(CC)CC)CC1. The Balaban J connectivity index is 2.21. The van der Waals surface area contributed by atoms with E-state index in [1.54, 1.807) is 0 Å². The van der Waals surface area contributed by atoms with Crippen LogP contribution in [0.2, 0.25) is 0 Å². The van der Waals surface area contributed by atoms with Gasteiger partial charge in [-0.1, -0.05) is 20.8 Å². The molecule has 108 valence electrons. The Morgan fingerprint density at radius 3 is 2.11 bits per heavy atom. The van der Waals surface area contributed by atoms with E-state index >= 15 is 0 Å². The van der Waals surface area contributed by atoms with Gasteiger partial charge in [-0.3, -0.25) is 4.90 Å². The van der Waals surface area contributed by atoms with Gasteiger partial charge >= 0.3 is 0 Å². The third-order valence-corrected chi connectivity index (χ3v) is 4.26. The molecular weight excluding hydrogens is 222 g/mol. The summed E-state index contributed by atoms with van der Waals surface area (Å²) >= 11 is 0. The van der Waals surface area contributed by atoms with E-state index in [9.17, 15) is 0 Å². The minimum atomic E-state index is 0.675. The predicted octanol–water partition coefficient (Wildman–Crippen LogP) is 2.18. The lowest BCUT2D eigenvalue weighted by molar-refractivity contribution is 0.100. The molecule has 1 aliphatic rings. The van der Waals surface area contributed by atoms with Gasteiger partial charge in [-0.05, 0) is 32.7 Å². The van der Waals surface area contributed by atoms with E-state index in [1.165, 1.54) is 52.0 Å². The van der Waals surface area contributed by atoms with Crippen molar-refractivity contribution in [2.24, 2.45) is 0 Å². The smallest absolute Gasteiger partial charge is 0.0193 e. The topological polar surface area (TPSA) is 18.5 Å². The summed E-state index contributed by atoms with van der Waals surface area (Å²) in [4.78, 5) is 5.24. The molecule has 1 saturated heterocycles. The summed E-state index contributed by atoms with van der Waals surface area (Å²) in [6.45, 7) is 16.6. The second-order valence-electron chi connectivity index (χ2n) is 5.65. The van der Waals surface area contributed by atoms with Crippen molar-refractivity contribution in [3.05, 3.63) is 0 Å². The molecule has 0 bridgehead atoms. The van der Waals surface area contributed by atoms with Crippen molar-refractivity contribution in [2.75, 3.05) is 39.3 Å². The predicted molar refractivity (Wildman–Crippen MR) is 80.1 cm³/mol. The molecule has 0 radical (unpaired) electrons. The van der Waals surface area contributed by atoms with Crippen molar-refractivity contribution in [3.63, 3.8) is 0 Å². The zero-order valence-electron chi connectivity index (χ0n) is 12.9. The lowest BCUT2D eigenvalue weighted by Crippen LogP contribution is -2.52. The Bertz CT molecular complexity index is 196. The molecule has 1 rings (SSSR count). The molecule has 1 unspecified atom stereocenters. The van der Waals surface area contributed by atoms with Crippen molar-refractivity contribution in [1.29, 1.82) is 0 Å². The van der Waals surface area contributed by atoms with Crippen LogP contribution in [0.25, 0.3) is 0 Å². The van der Waals surface area contributed by atoms with E-state index in [2.05, 4.69) is 42.8 Å². The molecule has 1 heterocycles. The highest BCUT2D eigenvalue weighted by Crippen LogP contribution is 2.07. The van der Waals surface area contributed by atoms with Gasteiger partial charge in [0.15, 0.2) is 0 Å². The van der Waals surface area contributed by atoms with Crippen LogP contribution < -0.4 is 5.32 Å². The van der Waals surface area contributed by atoms with Crippen molar-refractivity contribution in [1.82, 2.24) is 15.1 Å². The average molecular weight is 255 g/mol. The lowest BCUT2D eigenvalue weighted by atomic mass is 10.1. The van der Waals surface area contributed by atoms with Crippen LogP contribution in [0, 0.1) is 0 Å². The number of hydrogen-bond acceptors (Lipinski definition) is 3. The first-order valence-electron chi connectivity index (χ1n) is 7.90. The summed E-state index contributed by atoms with van der Waals surface area (Å²) in [5.74, 6) is 0. The first-order chi connectivity index (χ1) is 8.71. The highest BCUT2D eigenvalue weighted by Gasteiger charge is 2.20. The number of hydrogen-bond donors (Lipinski definition) is 1. The van der Waals surface area contributed by atoms with Crippen LogP contribution in [-0.2, 0) is 0 Å². The molecule has 1 atom stereocenters. The Labute approximate surface area is 114 Å². The number of nitrogens with one attached hydrogen (secondary N) is 1. The van der Waals surface area contributed by atoms with Crippen molar-refractivity contribution in [2.45, 2.75) is 59.0 Å². The fourth-order valence-corrected chi connectivity index (χ4v) is 2.79. The average Bonchev–Trinajstić information content (AvgIpc) is 2.41. The number of piperazine rings is 1. The third-order valence-electron chi connectivity index (χ3n) is 4.26. The van der Waals surface area contributed by atoms with Gasteiger partial charge in [0.25, 0.3) is 0 Å². The van der Waals surface area contributed by atoms with Crippen LogP contribution in [0.3, 0.4) is 0 Å². The van der Waals surface area contributed by atoms with E-state index in [0.717, 1.165) is 6.54 Å². The number of rotatable bonds is 8. The minimum Gasteiger partial charge on any atom is -0.312 e. The van der Waals surface area contributed by atoms with E-state index in [1.807, 2.05) is 0 Å². The molecule has 0 spiro atoms. The van der Waals surface area contributed by atoms with E-state index in [0.29, 0.717) is 12.1 Å². The summed E-state index contributed by atoms with van der Waals surface area (Å²) in [7, 11) is 0. The summed E-state index contributed by atoms with van der Waals surface area (Å²) < 4.78 is 0. The van der Waals surface area contributed by atoms with Gasteiger partial charge in [0.2, 0.25) is 0 Å². The largest absolute Gasteiger partial charge is 0.312 e. The van der Waals surface area contributed by atoms with Crippen LogP contribution >= 0.6 is 0 Å². The molecule has 0 amide bonds. The maximum absolute atomic E-state index is 3.70. The zero-order chi connectivity index (χ0) is 13.4. The molecular formula is C15H33N3. The maximum Gasteiger partial charge on any atom is 0.0193 e. The molecule has 0 aromatic carbocycles. The van der Waals surface area contributed by atoms with Gasteiger partial charge in [0, 0.05) is 44.8 Å². The molecule has 3 nitrogen and oxygen atoms in total. The molecule has 0 aromatic heterocycles. The number of nitrogens with zero attached hydrogens (tertiary/aromatic N) is 2. The van der Waals surface area contributed by atoms with Gasteiger partial charge in [-0.15, -0.1) is 0 Å². The highest BCUT2D eigenvalue weighted by molar-refractivity contribution is 4.78. The zero-order valence-corrected chi connectivity index (χ0v) is 12.9. The molecule has 3 heteroatoms. The van der Waals surface area contributed by atoms with E-state index in [4.69, 9.17) is 0 Å². The van der Waals surface area contributed by atoms with Gasteiger partial charge < -0.3 is 10.2 Å². The third kappa shape index (κ3) is 5.25. The van der Waals surface area contributed by atoms with Crippen LogP contribution in [0.5, 0.6) is 0 Å². The Hall–Kier alpha value is -0.120. The molecule has 18 heavy (non-hydrogen) atoms. The second kappa shape index (κ2) is 8.89. The first-order valence-corrected chi connectivity index (χ1v) is 7.90. The van der Waals surface area contributed by atoms with Crippen LogP contribution in [0.1, 0.15) is 47.0 Å². The molecule has 0 aliphatic carbocycles. The monoisotopic (exact) mass is 255 g/mol. The normalized spacial score (nSPS) is 20.5. The van der Waals surface area contributed by atoms with Gasteiger partial charge in [-0.2, -0.15) is 0 Å². The molecule has 1 fully saturated rings. The quantitative estimate of drug-likeness (QED) is 0.717. The van der Waals surface area contributed by atoms with Gasteiger partial charge in [0.1, 0.15) is 0 Å². The molecule has 0 aromatic rings.